The van der Waals surface area contributed by atoms with Crippen molar-refractivity contribution in [2.75, 3.05) is 7.11 Å². The van der Waals surface area contributed by atoms with Crippen molar-refractivity contribution in [3.63, 3.8) is 0 Å². The summed E-state index contributed by atoms with van der Waals surface area (Å²) in [5, 5.41) is 2.53. The third kappa shape index (κ3) is 7.44. The van der Waals surface area contributed by atoms with Crippen LogP contribution in [0, 0.1) is 0 Å². The molecule has 0 saturated carbocycles. The lowest BCUT2D eigenvalue weighted by atomic mass is 10.0. The Balaban J connectivity index is 2.81. The van der Waals surface area contributed by atoms with Gasteiger partial charge in [-0.1, -0.05) is 30.3 Å². The van der Waals surface area contributed by atoms with Crippen molar-refractivity contribution in [3.8, 4) is 0 Å². The fourth-order valence-electron chi connectivity index (χ4n) is 1.88. The smallest absolute Gasteiger partial charge is 0.408 e. The van der Waals surface area contributed by atoms with Crippen molar-refractivity contribution >= 4 is 17.8 Å². The van der Waals surface area contributed by atoms with Crippen LogP contribution in [0.3, 0.4) is 0 Å². The first kappa shape index (κ1) is 18.7. The molecular weight excluding hydrogens is 298 g/mol. The molecule has 1 aromatic rings. The number of amides is 1. The Kier molecular flexibility index (Phi) is 6.75. The maximum absolute atomic E-state index is 12.2. The monoisotopic (exact) mass is 321 g/mol. The minimum atomic E-state index is -0.855. The van der Waals surface area contributed by atoms with Crippen molar-refractivity contribution in [3.05, 3.63) is 35.9 Å². The van der Waals surface area contributed by atoms with E-state index in [0.717, 1.165) is 5.56 Å². The van der Waals surface area contributed by atoms with Crippen molar-refractivity contribution < 1.29 is 23.9 Å². The molecule has 0 bridgehead atoms. The largest absolute Gasteiger partial charge is 0.469 e. The van der Waals surface area contributed by atoms with Gasteiger partial charge in [-0.25, -0.2) is 4.79 Å². The van der Waals surface area contributed by atoms with Crippen molar-refractivity contribution in [2.24, 2.45) is 0 Å². The number of nitrogens with one attached hydrogen (secondary N) is 1. The van der Waals surface area contributed by atoms with Crippen LogP contribution >= 0.6 is 0 Å². The zero-order valence-corrected chi connectivity index (χ0v) is 13.9. The molecule has 126 valence electrons. The molecule has 0 heterocycles. The van der Waals surface area contributed by atoms with Crippen molar-refractivity contribution in [2.45, 2.75) is 45.3 Å². The number of alkyl carbamates (subject to hydrolysis) is 1. The van der Waals surface area contributed by atoms with E-state index in [1.54, 1.807) is 20.8 Å². The van der Waals surface area contributed by atoms with Gasteiger partial charge < -0.3 is 14.8 Å². The Morgan fingerprint density at radius 1 is 1.13 bits per heavy atom. The molecule has 1 atom stereocenters. The topological polar surface area (TPSA) is 81.7 Å². The maximum Gasteiger partial charge on any atom is 0.408 e. The zero-order chi connectivity index (χ0) is 17.5. The van der Waals surface area contributed by atoms with E-state index in [0.29, 0.717) is 0 Å². The average molecular weight is 321 g/mol. The molecule has 6 nitrogen and oxygen atoms in total. The highest BCUT2D eigenvalue weighted by atomic mass is 16.6. The molecule has 1 unspecified atom stereocenters. The number of rotatable bonds is 6. The molecule has 23 heavy (non-hydrogen) atoms. The summed E-state index contributed by atoms with van der Waals surface area (Å²) in [5.74, 6) is -1.06. The Hall–Kier alpha value is -2.37. The van der Waals surface area contributed by atoms with Gasteiger partial charge in [0.2, 0.25) is 0 Å². The van der Waals surface area contributed by atoms with E-state index >= 15 is 0 Å². The molecule has 1 aromatic carbocycles. The highest BCUT2D eigenvalue weighted by Crippen LogP contribution is 2.10. The van der Waals surface area contributed by atoms with Gasteiger partial charge in [0, 0.05) is 0 Å². The zero-order valence-electron chi connectivity index (χ0n) is 13.9. The molecule has 0 aliphatic heterocycles. The normalized spacial score (nSPS) is 12.2. The number of methoxy groups -OCH3 is 1. The summed E-state index contributed by atoms with van der Waals surface area (Å²) in [7, 11) is 1.21. The van der Waals surface area contributed by atoms with Gasteiger partial charge in [0.15, 0.2) is 5.78 Å². The Morgan fingerprint density at radius 2 is 1.74 bits per heavy atom. The highest BCUT2D eigenvalue weighted by Gasteiger charge is 2.26. The summed E-state index contributed by atoms with van der Waals surface area (Å²) in [5.41, 5.74) is 0.194. The molecule has 0 aliphatic rings. The Morgan fingerprint density at radius 3 is 2.26 bits per heavy atom. The van der Waals surface area contributed by atoms with Gasteiger partial charge in [-0.15, -0.1) is 0 Å². The lowest BCUT2D eigenvalue weighted by Crippen LogP contribution is -2.45. The number of hydrogen-bond donors (Lipinski definition) is 1. The number of esters is 1. The second-order valence-electron chi connectivity index (χ2n) is 6.11. The molecule has 0 aliphatic carbocycles. The summed E-state index contributed by atoms with van der Waals surface area (Å²) in [6.07, 6.45) is -0.823. The van der Waals surface area contributed by atoms with Gasteiger partial charge in [0.1, 0.15) is 12.0 Å². The Bertz CT molecular complexity index is 548. The number of ketones is 1. The molecular formula is C17H23NO5. The van der Waals surface area contributed by atoms with Gasteiger partial charge in [-0.2, -0.15) is 0 Å². The van der Waals surface area contributed by atoms with E-state index in [2.05, 4.69) is 10.1 Å². The summed E-state index contributed by atoms with van der Waals surface area (Å²) < 4.78 is 9.67. The van der Waals surface area contributed by atoms with Gasteiger partial charge in [-0.05, 0) is 32.8 Å². The van der Waals surface area contributed by atoms with Crippen LogP contribution in [0.5, 0.6) is 0 Å². The van der Waals surface area contributed by atoms with Crippen LogP contribution in [0.4, 0.5) is 4.79 Å². The minimum Gasteiger partial charge on any atom is -0.469 e. The SMILES string of the molecule is COC(=O)CC(=O)C(Cc1ccccc1)NC(=O)OC(C)(C)C. The van der Waals surface area contributed by atoms with Crippen LogP contribution < -0.4 is 5.32 Å². The van der Waals surface area contributed by atoms with Crippen LogP contribution in [0.15, 0.2) is 30.3 Å². The average Bonchev–Trinajstić information content (AvgIpc) is 2.45. The minimum absolute atomic E-state index is 0.274. The van der Waals surface area contributed by atoms with E-state index in [1.807, 2.05) is 30.3 Å². The first-order chi connectivity index (χ1) is 10.7. The number of Topliss-reactive ketones (excluding diaryl/α,β-unsaturated/α-hetero) is 1. The molecule has 0 fully saturated rings. The standard InChI is InChI=1S/C17H23NO5/c1-17(2,3)23-16(21)18-13(14(19)11-15(20)22-4)10-12-8-6-5-7-9-12/h5-9,13H,10-11H2,1-4H3,(H,18,21). The van der Waals surface area contributed by atoms with E-state index < -0.39 is 35.9 Å². The molecule has 1 amide bonds. The third-order valence-corrected chi connectivity index (χ3v) is 2.91. The first-order valence-electron chi connectivity index (χ1n) is 7.34. The van der Waals surface area contributed by atoms with Gasteiger partial charge in [0.05, 0.1) is 13.2 Å². The van der Waals surface area contributed by atoms with Crippen LogP contribution in [0.1, 0.15) is 32.8 Å². The van der Waals surface area contributed by atoms with E-state index in [-0.39, 0.29) is 6.42 Å². The maximum atomic E-state index is 12.2. The van der Waals surface area contributed by atoms with Crippen molar-refractivity contribution in [1.82, 2.24) is 5.32 Å². The lowest BCUT2D eigenvalue weighted by molar-refractivity contribution is -0.143. The summed E-state index contributed by atoms with van der Waals surface area (Å²) >= 11 is 0. The fraction of sp³-hybridized carbons (Fsp3) is 0.471. The quantitative estimate of drug-likeness (QED) is 0.642. The second kappa shape index (κ2) is 8.31. The van der Waals surface area contributed by atoms with Crippen LogP contribution in [0.25, 0.3) is 0 Å². The molecule has 1 N–H and O–H groups in total. The predicted molar refractivity (Wildman–Crippen MR) is 84.9 cm³/mol. The number of hydrogen-bond acceptors (Lipinski definition) is 5. The van der Waals surface area contributed by atoms with Crippen LogP contribution in [-0.4, -0.2) is 36.6 Å². The molecule has 1 rings (SSSR count). The van der Waals surface area contributed by atoms with Crippen molar-refractivity contribution in [1.29, 1.82) is 0 Å². The molecule has 0 aromatic heterocycles. The first-order valence-corrected chi connectivity index (χ1v) is 7.34. The van der Waals surface area contributed by atoms with Gasteiger partial charge in [0.25, 0.3) is 0 Å². The number of ether oxygens (including phenoxy) is 2. The van der Waals surface area contributed by atoms with Crippen LogP contribution in [0.2, 0.25) is 0 Å². The fourth-order valence-corrected chi connectivity index (χ4v) is 1.88. The summed E-state index contributed by atoms with van der Waals surface area (Å²) in [6.45, 7) is 5.19. The number of carbonyl (C=O) groups excluding carboxylic acids is 3. The lowest BCUT2D eigenvalue weighted by Gasteiger charge is -2.23. The molecule has 0 radical (unpaired) electrons. The van der Waals surface area contributed by atoms with Gasteiger partial charge >= 0.3 is 12.1 Å². The number of benzene rings is 1. The summed E-state index contributed by atoms with van der Waals surface area (Å²) in [6, 6.07) is 8.36. The summed E-state index contributed by atoms with van der Waals surface area (Å²) in [4.78, 5) is 35.5. The molecule has 0 spiro atoms. The number of carbonyl (C=O) groups is 3. The van der Waals surface area contributed by atoms with Crippen LogP contribution in [-0.2, 0) is 25.5 Å². The predicted octanol–water partition coefficient (Wildman–Crippen LogP) is 2.25. The van der Waals surface area contributed by atoms with Gasteiger partial charge in [-0.3, -0.25) is 9.59 Å². The van der Waals surface area contributed by atoms with E-state index in [4.69, 9.17) is 4.74 Å². The molecule has 6 heteroatoms. The van der Waals surface area contributed by atoms with E-state index in [9.17, 15) is 14.4 Å². The highest BCUT2D eigenvalue weighted by molar-refractivity contribution is 5.99. The second-order valence-corrected chi connectivity index (χ2v) is 6.11. The van der Waals surface area contributed by atoms with E-state index in [1.165, 1.54) is 7.11 Å². The molecule has 0 saturated heterocycles. The Labute approximate surface area is 136 Å². The third-order valence-electron chi connectivity index (χ3n) is 2.91.